The molecule has 0 aliphatic carbocycles. The van der Waals surface area contributed by atoms with Gasteiger partial charge in [-0.3, -0.25) is 0 Å². The van der Waals surface area contributed by atoms with Crippen molar-refractivity contribution in [3.63, 3.8) is 0 Å². The van der Waals surface area contributed by atoms with Gasteiger partial charge in [0.25, 0.3) is 0 Å². The van der Waals surface area contributed by atoms with Gasteiger partial charge >= 0.3 is 210 Å². The van der Waals surface area contributed by atoms with E-state index in [1.807, 2.05) is 0 Å². The molecule has 2 aliphatic rings. The SMILES string of the molecule is CC(C)(C)c1cc2c(c(C(C)(C)C)c1)OP1(c3ccccc3)(N2)c2ccccc2-c2ccccc21. The van der Waals surface area contributed by atoms with Gasteiger partial charge in [0.1, 0.15) is 0 Å². The Hall–Kier alpha value is -3.09. The quantitative estimate of drug-likeness (QED) is 0.287. The number of rotatable bonds is 1. The molecule has 2 nitrogen and oxygen atoms in total. The molecule has 0 saturated heterocycles. The molecule has 0 fully saturated rings. The van der Waals surface area contributed by atoms with Crippen molar-refractivity contribution >= 4 is 28.6 Å². The summed E-state index contributed by atoms with van der Waals surface area (Å²) < 4.78 is 7.63. The van der Waals surface area contributed by atoms with Crippen molar-refractivity contribution in [1.82, 2.24) is 0 Å². The predicted octanol–water partition coefficient (Wildman–Crippen LogP) is 7.43. The Bertz CT molecular complexity index is 1430. The third kappa shape index (κ3) is 2.87. The molecule has 4 aromatic carbocycles. The molecular formula is C32H34NOP. The van der Waals surface area contributed by atoms with Crippen molar-refractivity contribution in [2.45, 2.75) is 52.4 Å². The summed E-state index contributed by atoms with van der Waals surface area (Å²) >= 11 is 0. The van der Waals surface area contributed by atoms with E-state index < -0.39 is 6.98 Å². The molecule has 2 heterocycles. The van der Waals surface area contributed by atoms with Crippen LogP contribution in [0.15, 0.2) is 91.0 Å². The summed E-state index contributed by atoms with van der Waals surface area (Å²) in [4.78, 5) is 0. The van der Waals surface area contributed by atoms with Crippen molar-refractivity contribution < 1.29 is 4.52 Å². The summed E-state index contributed by atoms with van der Waals surface area (Å²) in [5.74, 6) is 0.999. The molecule has 0 radical (unpaired) electrons. The Labute approximate surface area is 209 Å². The minimum absolute atomic E-state index is 0.0263. The average molecular weight is 480 g/mol. The van der Waals surface area contributed by atoms with Gasteiger partial charge in [-0.05, 0) is 0 Å². The van der Waals surface area contributed by atoms with E-state index in [9.17, 15) is 0 Å². The zero-order chi connectivity index (χ0) is 24.7. The van der Waals surface area contributed by atoms with Gasteiger partial charge in [-0.25, -0.2) is 0 Å². The monoisotopic (exact) mass is 479 g/mol. The van der Waals surface area contributed by atoms with Gasteiger partial charge in [0, 0.05) is 0 Å². The zero-order valence-electron chi connectivity index (χ0n) is 21.5. The van der Waals surface area contributed by atoms with Crippen molar-refractivity contribution in [2.75, 3.05) is 5.09 Å². The van der Waals surface area contributed by atoms with Gasteiger partial charge in [-0.15, -0.1) is 0 Å². The molecule has 35 heavy (non-hydrogen) atoms. The van der Waals surface area contributed by atoms with E-state index >= 15 is 0 Å². The van der Waals surface area contributed by atoms with Crippen LogP contribution in [0.4, 0.5) is 5.69 Å². The Kier molecular flexibility index (Phi) is 4.47. The van der Waals surface area contributed by atoms with Gasteiger partial charge in [-0.2, -0.15) is 0 Å². The van der Waals surface area contributed by atoms with Gasteiger partial charge in [0.05, 0.1) is 0 Å². The van der Waals surface area contributed by atoms with E-state index in [4.69, 9.17) is 4.52 Å². The minimum atomic E-state index is -3.51. The van der Waals surface area contributed by atoms with Crippen LogP contribution in [0.5, 0.6) is 5.75 Å². The summed E-state index contributed by atoms with van der Waals surface area (Å²) in [6, 6.07) is 33.2. The Morgan fingerprint density at radius 1 is 0.629 bits per heavy atom. The number of nitrogens with one attached hydrogen (secondary N) is 1. The fraction of sp³-hybridized carbons (Fsp3) is 0.250. The van der Waals surface area contributed by atoms with Gasteiger partial charge in [-0.1, -0.05) is 0 Å². The third-order valence-corrected chi connectivity index (χ3v) is 12.8. The molecule has 2 aliphatic heterocycles. The van der Waals surface area contributed by atoms with Crippen LogP contribution in [-0.2, 0) is 10.8 Å². The Balaban J connectivity index is 1.77. The van der Waals surface area contributed by atoms with Crippen LogP contribution in [-0.4, -0.2) is 0 Å². The molecule has 0 amide bonds. The van der Waals surface area contributed by atoms with E-state index in [1.54, 1.807) is 0 Å². The molecule has 0 atom stereocenters. The maximum atomic E-state index is 7.63. The third-order valence-electron chi connectivity index (χ3n) is 7.64. The molecule has 4 aromatic rings. The second kappa shape index (κ2) is 6.99. The van der Waals surface area contributed by atoms with Crippen LogP contribution in [0.3, 0.4) is 0 Å². The molecule has 0 aromatic heterocycles. The summed E-state index contributed by atoms with van der Waals surface area (Å²) in [7, 11) is 0. The molecule has 178 valence electrons. The summed E-state index contributed by atoms with van der Waals surface area (Å²) in [6.45, 7) is 10.2. The van der Waals surface area contributed by atoms with Crippen LogP contribution in [0.25, 0.3) is 11.1 Å². The predicted molar refractivity (Wildman–Crippen MR) is 152 cm³/mol. The summed E-state index contributed by atoms with van der Waals surface area (Å²) in [5.41, 5.74) is 6.17. The normalized spacial score (nSPS) is 17.9. The van der Waals surface area contributed by atoms with Crippen molar-refractivity contribution in [3.8, 4) is 16.9 Å². The zero-order valence-corrected chi connectivity index (χ0v) is 22.4. The standard InChI is InChI=1S/C32H34NOP/c1-31(2,3)22-20-26(32(4,5)6)30-27(21-22)33-35(34-30,23-14-8-7-9-15-23)28-18-12-10-16-24(28)25-17-11-13-19-29(25)35/h7-21,33H,1-6H3. The number of anilines is 1. The number of benzene rings is 4. The second-order valence-corrected chi connectivity index (χ2v) is 16.0. The summed E-state index contributed by atoms with van der Waals surface area (Å²) in [6.07, 6.45) is 0. The van der Waals surface area contributed by atoms with Crippen LogP contribution >= 0.6 is 6.98 Å². The fourth-order valence-electron chi connectivity index (χ4n) is 5.84. The maximum absolute atomic E-state index is 7.63. The molecular weight excluding hydrogens is 445 g/mol. The molecule has 0 saturated carbocycles. The van der Waals surface area contributed by atoms with E-state index in [2.05, 4.69) is 138 Å². The first-order chi connectivity index (χ1) is 16.6. The van der Waals surface area contributed by atoms with E-state index in [-0.39, 0.29) is 10.8 Å². The van der Waals surface area contributed by atoms with Gasteiger partial charge in [0.2, 0.25) is 0 Å². The van der Waals surface area contributed by atoms with Crippen LogP contribution in [0, 0.1) is 0 Å². The topological polar surface area (TPSA) is 21.3 Å². The van der Waals surface area contributed by atoms with Crippen LogP contribution < -0.4 is 25.5 Å². The summed E-state index contributed by atoms with van der Waals surface area (Å²) in [5, 5.41) is 7.92. The fourth-order valence-corrected chi connectivity index (χ4v) is 11.4. The van der Waals surface area contributed by atoms with E-state index in [0.717, 1.165) is 11.4 Å². The number of hydrogen-bond acceptors (Lipinski definition) is 2. The van der Waals surface area contributed by atoms with Crippen LogP contribution in [0.2, 0.25) is 0 Å². The second-order valence-electron chi connectivity index (χ2n) is 12.0. The number of hydrogen-bond donors (Lipinski definition) is 1. The molecule has 1 spiro atoms. The molecule has 0 bridgehead atoms. The first-order valence-electron chi connectivity index (χ1n) is 12.5. The van der Waals surface area contributed by atoms with Crippen molar-refractivity contribution in [1.29, 1.82) is 0 Å². The van der Waals surface area contributed by atoms with E-state index in [1.165, 1.54) is 38.2 Å². The average Bonchev–Trinajstić information content (AvgIpc) is 3.32. The molecule has 1 N–H and O–H groups in total. The van der Waals surface area contributed by atoms with Crippen molar-refractivity contribution in [2.24, 2.45) is 0 Å². The Morgan fingerprint density at radius 3 is 1.71 bits per heavy atom. The Morgan fingerprint density at radius 2 is 1.17 bits per heavy atom. The molecule has 3 heteroatoms. The number of fused-ring (bicyclic) bond motifs is 6. The van der Waals surface area contributed by atoms with Gasteiger partial charge < -0.3 is 0 Å². The first kappa shape index (κ1) is 22.4. The van der Waals surface area contributed by atoms with Gasteiger partial charge in [0.15, 0.2) is 0 Å². The van der Waals surface area contributed by atoms with Crippen molar-refractivity contribution in [3.05, 3.63) is 102 Å². The molecule has 6 rings (SSSR count). The van der Waals surface area contributed by atoms with Crippen LogP contribution in [0.1, 0.15) is 52.7 Å². The first-order valence-corrected chi connectivity index (χ1v) is 14.7. The van der Waals surface area contributed by atoms with E-state index in [0.29, 0.717) is 0 Å². The molecule has 0 unspecified atom stereocenters.